The van der Waals surface area contributed by atoms with E-state index in [9.17, 15) is 23.1 Å². The second-order valence-electron chi connectivity index (χ2n) is 11.5. The molecule has 0 radical (unpaired) electrons. The van der Waals surface area contributed by atoms with Gasteiger partial charge in [0.05, 0.1) is 35.2 Å². The highest BCUT2D eigenvalue weighted by atomic mass is 28.3. The molecule has 0 fully saturated rings. The highest BCUT2D eigenvalue weighted by molar-refractivity contribution is 6.76. The van der Waals surface area contributed by atoms with E-state index in [-0.39, 0.29) is 32.7 Å². The number of anilines is 1. The summed E-state index contributed by atoms with van der Waals surface area (Å²) in [6, 6.07) is 9.11. The van der Waals surface area contributed by atoms with Crippen LogP contribution < -0.4 is 5.32 Å². The number of hydrogen-bond acceptors (Lipinski definition) is 7. The topological polar surface area (TPSA) is 120 Å². The molecule has 1 unspecified atom stereocenters. The first-order chi connectivity index (χ1) is 20.7. The number of hydrogen-bond donors (Lipinski definition) is 2. The second-order valence-corrected chi connectivity index (χ2v) is 17.1. The smallest absolute Gasteiger partial charge is 0.476 e. The van der Waals surface area contributed by atoms with Crippen LogP contribution in [0, 0.1) is 12.7 Å². The predicted molar refractivity (Wildman–Crippen MR) is 156 cm³/mol. The van der Waals surface area contributed by atoms with Crippen molar-refractivity contribution < 1.29 is 36.7 Å². The zero-order valence-corrected chi connectivity index (χ0v) is 25.3. The number of halogens is 4. The van der Waals surface area contributed by atoms with Crippen molar-refractivity contribution in [3.63, 3.8) is 0 Å². The van der Waals surface area contributed by atoms with Crippen LogP contribution >= 0.6 is 0 Å². The first kappa shape index (κ1) is 30.9. The van der Waals surface area contributed by atoms with E-state index in [0.29, 0.717) is 24.5 Å². The third-order valence-electron chi connectivity index (χ3n) is 7.05. The van der Waals surface area contributed by atoms with Gasteiger partial charge in [-0.25, -0.2) is 14.2 Å². The Morgan fingerprint density at radius 2 is 1.93 bits per heavy atom. The molecule has 0 aliphatic heterocycles. The zero-order valence-electron chi connectivity index (χ0n) is 24.3. The molecule has 0 bridgehead atoms. The fourth-order valence-corrected chi connectivity index (χ4v) is 5.45. The van der Waals surface area contributed by atoms with Gasteiger partial charge in [-0.3, -0.25) is 0 Å². The minimum Gasteiger partial charge on any atom is -0.476 e. The summed E-state index contributed by atoms with van der Waals surface area (Å²) in [6.07, 6.45) is -1.33. The fraction of sp³-hybridized carbons (Fsp3) is 0.310. The molecule has 15 heteroatoms. The third-order valence-corrected chi connectivity index (χ3v) is 8.75. The number of aromatic carboxylic acids is 1. The van der Waals surface area contributed by atoms with Crippen LogP contribution in [0.2, 0.25) is 25.7 Å². The molecule has 2 N–H and O–H groups in total. The van der Waals surface area contributed by atoms with Gasteiger partial charge in [-0.2, -0.15) is 9.78 Å². The molecule has 0 amide bonds. The summed E-state index contributed by atoms with van der Waals surface area (Å²) in [5.74, 6) is -2.02. The summed E-state index contributed by atoms with van der Waals surface area (Å²) in [7, 11) is -1.23. The number of imidazole rings is 1. The van der Waals surface area contributed by atoms with Crippen molar-refractivity contribution >= 4 is 30.8 Å². The van der Waals surface area contributed by atoms with Gasteiger partial charge < -0.3 is 24.3 Å². The summed E-state index contributed by atoms with van der Waals surface area (Å²) in [6.45, 7) is 9.32. The number of aryl methyl sites for hydroxylation is 1. The summed E-state index contributed by atoms with van der Waals surface area (Å²) in [4.78, 5) is 16.5. The van der Waals surface area contributed by atoms with Crippen LogP contribution in [0.3, 0.4) is 0 Å². The highest BCUT2D eigenvalue weighted by Gasteiger charge is 2.32. The van der Waals surface area contributed by atoms with Gasteiger partial charge >= 0.3 is 12.3 Å². The monoisotopic (exact) mass is 630 g/mol. The molecule has 1 atom stereocenters. The van der Waals surface area contributed by atoms with E-state index in [2.05, 4.69) is 40.2 Å². The Morgan fingerprint density at radius 3 is 2.59 bits per heavy atom. The Hall–Kier alpha value is -4.50. The number of aromatic nitrogens is 5. The molecule has 0 spiro atoms. The first-order valence-electron chi connectivity index (χ1n) is 13.6. The number of alkyl halides is 3. The molecule has 5 rings (SSSR count). The Bertz CT molecular complexity index is 1810. The predicted octanol–water partition coefficient (Wildman–Crippen LogP) is 7.02. The molecule has 5 aromatic rings. The van der Waals surface area contributed by atoms with Gasteiger partial charge in [0.2, 0.25) is 0 Å². The third kappa shape index (κ3) is 6.68. The zero-order chi connectivity index (χ0) is 31.8. The molecule has 0 aliphatic rings. The molecule has 10 nitrogen and oxygen atoms in total. The van der Waals surface area contributed by atoms with Crippen LogP contribution in [0.5, 0.6) is 0 Å². The molecule has 0 saturated heterocycles. The number of carboxylic acids is 1. The molecule has 3 heterocycles. The van der Waals surface area contributed by atoms with Crippen LogP contribution in [-0.2, 0) is 17.8 Å². The molecule has 2 aromatic carbocycles. The largest absolute Gasteiger partial charge is 0.504 e. The molecule has 44 heavy (non-hydrogen) atoms. The molecular weight excluding hydrogens is 600 g/mol. The van der Waals surface area contributed by atoms with Crippen LogP contribution in [0.15, 0.2) is 59.6 Å². The maximum Gasteiger partial charge on any atom is 0.504 e. The van der Waals surface area contributed by atoms with Gasteiger partial charge in [0.25, 0.3) is 0 Å². The second kappa shape index (κ2) is 11.9. The van der Waals surface area contributed by atoms with E-state index in [1.807, 2.05) is 10.6 Å². The average Bonchev–Trinajstić information content (AvgIpc) is 3.68. The first-order valence-corrected chi connectivity index (χ1v) is 17.3. The van der Waals surface area contributed by atoms with Crippen LogP contribution in [-0.4, -0.2) is 50.2 Å². The van der Waals surface area contributed by atoms with E-state index in [0.717, 1.165) is 30.0 Å². The van der Waals surface area contributed by atoms with Crippen molar-refractivity contribution in [1.82, 2.24) is 24.5 Å². The summed E-state index contributed by atoms with van der Waals surface area (Å²) >= 11 is 0. The van der Waals surface area contributed by atoms with Crippen molar-refractivity contribution in [2.75, 3.05) is 11.9 Å². The Morgan fingerprint density at radius 1 is 1.16 bits per heavy atom. The van der Waals surface area contributed by atoms with Gasteiger partial charge in [0.1, 0.15) is 18.3 Å². The quantitative estimate of drug-likeness (QED) is 0.0908. The van der Waals surface area contributed by atoms with Gasteiger partial charge in [0.15, 0.2) is 5.69 Å². The van der Waals surface area contributed by atoms with E-state index >= 15 is 4.39 Å². The molecule has 0 saturated carbocycles. The minimum absolute atomic E-state index is 0.0205. The van der Waals surface area contributed by atoms with Crippen molar-refractivity contribution in [1.29, 1.82) is 0 Å². The molecule has 0 aliphatic carbocycles. The lowest BCUT2D eigenvalue weighted by Gasteiger charge is -2.21. The maximum absolute atomic E-state index is 15.7. The lowest BCUT2D eigenvalue weighted by molar-refractivity contribution is -0.212. The number of benzene rings is 2. The van der Waals surface area contributed by atoms with Crippen LogP contribution in [0.4, 0.5) is 23.2 Å². The highest BCUT2D eigenvalue weighted by Crippen LogP contribution is 2.35. The number of nitrogens with zero attached hydrogens (tertiary/aromatic N) is 5. The molecule has 3 aromatic heterocycles. The normalized spacial score (nSPS) is 13.0. The Kier molecular flexibility index (Phi) is 8.35. The Balaban J connectivity index is 1.47. The number of rotatable bonds is 11. The number of nitrogens with one attached hydrogen (secondary N) is 1. The lowest BCUT2D eigenvalue weighted by Crippen LogP contribution is -2.21. The van der Waals surface area contributed by atoms with Gasteiger partial charge in [0, 0.05) is 37.7 Å². The van der Waals surface area contributed by atoms with Gasteiger partial charge in [-0.1, -0.05) is 36.9 Å². The van der Waals surface area contributed by atoms with E-state index in [4.69, 9.17) is 9.26 Å². The van der Waals surface area contributed by atoms with Crippen molar-refractivity contribution in [2.45, 2.75) is 51.7 Å². The SMILES string of the molecule is Cc1onc(C(=O)O)c1C(Nc1ccc2c(c1)ncn2COCC[Si](C)(C)C)c1ccc(-c2cnn(C(F)(F)F)c2)cc1F. The molecule has 232 valence electrons. The lowest BCUT2D eigenvalue weighted by atomic mass is 9.94. The van der Waals surface area contributed by atoms with Crippen molar-refractivity contribution in [2.24, 2.45) is 0 Å². The number of carbonyl (C=O) groups is 1. The van der Waals surface area contributed by atoms with E-state index in [1.165, 1.54) is 19.1 Å². The summed E-state index contributed by atoms with van der Waals surface area (Å²) in [5, 5.41) is 19.9. The van der Waals surface area contributed by atoms with Crippen molar-refractivity contribution in [3.8, 4) is 11.1 Å². The minimum atomic E-state index is -4.72. The standard InChI is InChI=1S/C29H30F4N6O4Si/c1-17-25(27(28(40)41)37-43-17)26(21-7-5-18(11-22(21)30)19-13-35-39(14-19)29(31,32)33)36-20-6-8-24-23(12-20)34-15-38(24)16-42-9-10-44(2,3)4/h5-8,11-15,26,36H,9-10,16H2,1-4H3,(H,40,41). The number of ether oxygens (including phenoxy) is 1. The van der Waals surface area contributed by atoms with Crippen LogP contribution in [0.1, 0.15) is 33.4 Å². The number of carboxylic acid groups (broad SMARTS) is 1. The van der Waals surface area contributed by atoms with Gasteiger partial charge in [-0.05, 0) is 42.8 Å². The van der Waals surface area contributed by atoms with E-state index < -0.39 is 37.9 Å². The maximum atomic E-state index is 15.7. The molecular formula is C29H30F4N6O4Si. The average molecular weight is 631 g/mol. The summed E-state index contributed by atoms with van der Waals surface area (Å²) in [5.41, 5.74) is 1.84. The fourth-order valence-electron chi connectivity index (χ4n) is 4.69. The van der Waals surface area contributed by atoms with Gasteiger partial charge in [-0.15, -0.1) is 13.2 Å². The summed E-state index contributed by atoms with van der Waals surface area (Å²) < 4.78 is 67.5. The number of fused-ring (bicyclic) bond motifs is 1. The Labute approximate surface area is 250 Å². The van der Waals surface area contributed by atoms with Crippen LogP contribution in [0.25, 0.3) is 22.2 Å². The van der Waals surface area contributed by atoms with E-state index in [1.54, 1.807) is 18.5 Å². The van der Waals surface area contributed by atoms with Crippen molar-refractivity contribution in [3.05, 3.63) is 83.5 Å².